The lowest BCUT2D eigenvalue weighted by atomic mass is 9.97. The van der Waals surface area contributed by atoms with E-state index in [0.29, 0.717) is 11.7 Å². The van der Waals surface area contributed by atoms with Crippen LogP contribution < -0.4 is 15.8 Å². The summed E-state index contributed by atoms with van der Waals surface area (Å²) in [7, 11) is 1.63. The molecular weight excluding hydrogens is 302 g/mol. The summed E-state index contributed by atoms with van der Waals surface area (Å²) in [4.78, 5) is 29.9. The fourth-order valence-electron chi connectivity index (χ4n) is 2.55. The summed E-state index contributed by atoms with van der Waals surface area (Å²) in [5.41, 5.74) is -0.140. The highest BCUT2D eigenvalue weighted by Gasteiger charge is 2.27. The summed E-state index contributed by atoms with van der Waals surface area (Å²) in [6.45, 7) is 1.44. The van der Waals surface area contributed by atoms with E-state index in [9.17, 15) is 9.59 Å². The lowest BCUT2D eigenvalue weighted by molar-refractivity contribution is -0.120. The second-order valence-electron chi connectivity index (χ2n) is 5.27. The molecule has 0 bridgehead atoms. The quantitative estimate of drug-likeness (QED) is 0.916. The van der Waals surface area contributed by atoms with Crippen LogP contribution in [0.2, 0.25) is 0 Å². The van der Waals surface area contributed by atoms with Crippen LogP contribution in [-0.2, 0) is 11.8 Å². The third-order valence-corrected chi connectivity index (χ3v) is 4.41. The molecule has 1 aliphatic rings. The van der Waals surface area contributed by atoms with E-state index in [1.807, 2.05) is 5.38 Å². The number of rotatable bonds is 3. The van der Waals surface area contributed by atoms with Crippen LogP contribution in [-0.4, -0.2) is 33.8 Å². The Morgan fingerprint density at radius 2 is 2.32 bits per heavy atom. The third-order valence-electron chi connectivity index (χ3n) is 3.73. The molecule has 7 nitrogen and oxygen atoms in total. The molecule has 3 heterocycles. The van der Waals surface area contributed by atoms with E-state index >= 15 is 0 Å². The number of aromatic nitrogens is 3. The van der Waals surface area contributed by atoms with Gasteiger partial charge in [0.2, 0.25) is 5.91 Å². The van der Waals surface area contributed by atoms with E-state index in [1.54, 1.807) is 19.3 Å². The van der Waals surface area contributed by atoms with Gasteiger partial charge < -0.3 is 10.2 Å². The summed E-state index contributed by atoms with van der Waals surface area (Å²) in [5.74, 6) is 0.620. The van der Waals surface area contributed by atoms with Crippen LogP contribution >= 0.6 is 11.3 Å². The molecule has 1 atom stereocenters. The van der Waals surface area contributed by atoms with E-state index in [0.717, 1.165) is 25.2 Å². The maximum atomic E-state index is 12.3. The van der Waals surface area contributed by atoms with Crippen molar-refractivity contribution >= 4 is 28.2 Å². The van der Waals surface area contributed by atoms with Crippen molar-refractivity contribution in [3.63, 3.8) is 0 Å². The molecule has 1 saturated heterocycles. The normalized spacial score (nSPS) is 18.2. The SMILES string of the molecule is Cn1nc(N2CCC[C@H](C(=O)Nc3nccs3)C2)ccc1=O. The molecule has 8 heteroatoms. The Balaban J connectivity index is 1.69. The van der Waals surface area contributed by atoms with Crippen molar-refractivity contribution in [2.75, 3.05) is 23.3 Å². The molecule has 3 rings (SSSR count). The minimum absolute atomic E-state index is 0.00975. The summed E-state index contributed by atoms with van der Waals surface area (Å²) >= 11 is 1.41. The van der Waals surface area contributed by atoms with Gasteiger partial charge in [0.05, 0.1) is 5.92 Å². The molecule has 1 amide bonds. The first kappa shape index (κ1) is 14.7. The number of piperidine rings is 1. The van der Waals surface area contributed by atoms with Gasteiger partial charge in [-0.3, -0.25) is 9.59 Å². The van der Waals surface area contributed by atoms with Gasteiger partial charge in [-0.05, 0) is 18.9 Å². The molecule has 0 unspecified atom stereocenters. The Morgan fingerprint density at radius 3 is 3.05 bits per heavy atom. The monoisotopic (exact) mass is 319 g/mol. The molecule has 1 N–H and O–H groups in total. The zero-order valence-electron chi connectivity index (χ0n) is 12.2. The number of hydrogen-bond acceptors (Lipinski definition) is 6. The van der Waals surface area contributed by atoms with Crippen molar-refractivity contribution in [3.8, 4) is 0 Å². The molecule has 0 radical (unpaired) electrons. The summed E-state index contributed by atoms with van der Waals surface area (Å²) < 4.78 is 1.31. The standard InChI is InChI=1S/C14H17N5O2S/c1-18-12(20)5-4-11(17-18)19-7-2-3-10(9-19)13(21)16-14-15-6-8-22-14/h4-6,8,10H,2-3,7,9H2,1H3,(H,15,16,21)/t10-/m0/s1. The number of carbonyl (C=O) groups is 1. The first-order valence-electron chi connectivity index (χ1n) is 7.13. The second kappa shape index (κ2) is 6.27. The molecule has 1 aliphatic heterocycles. The van der Waals surface area contributed by atoms with E-state index in [4.69, 9.17) is 0 Å². The highest BCUT2D eigenvalue weighted by atomic mass is 32.1. The summed E-state index contributed by atoms with van der Waals surface area (Å²) in [6, 6.07) is 3.21. The Hall–Kier alpha value is -2.22. The minimum Gasteiger partial charge on any atom is -0.354 e. The van der Waals surface area contributed by atoms with Crippen molar-refractivity contribution in [1.82, 2.24) is 14.8 Å². The molecule has 1 fully saturated rings. The predicted octanol–water partition coefficient (Wildman–Crippen LogP) is 1.09. The summed E-state index contributed by atoms with van der Waals surface area (Å²) in [6.07, 6.45) is 3.43. The van der Waals surface area contributed by atoms with Crippen molar-refractivity contribution in [2.45, 2.75) is 12.8 Å². The number of amides is 1. The molecule has 22 heavy (non-hydrogen) atoms. The molecular formula is C14H17N5O2S. The van der Waals surface area contributed by atoms with E-state index in [-0.39, 0.29) is 17.4 Å². The zero-order chi connectivity index (χ0) is 15.5. The Bertz CT molecular complexity index is 712. The van der Waals surface area contributed by atoms with E-state index in [2.05, 4.69) is 20.3 Å². The number of thiazole rings is 1. The highest BCUT2D eigenvalue weighted by Crippen LogP contribution is 2.22. The van der Waals surface area contributed by atoms with Crippen LogP contribution in [0.4, 0.5) is 10.9 Å². The van der Waals surface area contributed by atoms with Gasteiger partial charge in [-0.1, -0.05) is 0 Å². The average Bonchev–Trinajstić information content (AvgIpc) is 3.03. The van der Waals surface area contributed by atoms with E-state index < -0.39 is 0 Å². The largest absolute Gasteiger partial charge is 0.354 e. The van der Waals surface area contributed by atoms with Crippen molar-refractivity contribution < 1.29 is 4.79 Å². The highest BCUT2D eigenvalue weighted by molar-refractivity contribution is 7.13. The van der Waals surface area contributed by atoms with Crippen LogP contribution in [0.15, 0.2) is 28.5 Å². The minimum atomic E-state index is -0.140. The predicted molar refractivity (Wildman–Crippen MR) is 85.2 cm³/mol. The topological polar surface area (TPSA) is 80.1 Å². The lowest BCUT2D eigenvalue weighted by Crippen LogP contribution is -2.41. The molecule has 0 spiro atoms. The smallest absolute Gasteiger partial charge is 0.266 e. The van der Waals surface area contributed by atoms with Crippen molar-refractivity contribution in [3.05, 3.63) is 34.1 Å². The van der Waals surface area contributed by atoms with Crippen LogP contribution in [0.5, 0.6) is 0 Å². The zero-order valence-corrected chi connectivity index (χ0v) is 13.0. The molecule has 2 aromatic rings. The Labute approximate surface area is 131 Å². The molecule has 0 saturated carbocycles. The first-order valence-corrected chi connectivity index (χ1v) is 8.01. The van der Waals surface area contributed by atoms with Crippen molar-refractivity contribution in [1.29, 1.82) is 0 Å². The van der Waals surface area contributed by atoms with Gasteiger partial charge in [0, 0.05) is 37.8 Å². The second-order valence-corrected chi connectivity index (χ2v) is 6.16. The van der Waals surface area contributed by atoms with Crippen molar-refractivity contribution in [2.24, 2.45) is 13.0 Å². The van der Waals surface area contributed by atoms with Crippen LogP contribution in [0.25, 0.3) is 0 Å². The van der Waals surface area contributed by atoms with Crippen LogP contribution in [0, 0.1) is 5.92 Å². The molecule has 116 valence electrons. The Morgan fingerprint density at radius 1 is 1.45 bits per heavy atom. The molecule has 2 aromatic heterocycles. The molecule has 0 aromatic carbocycles. The lowest BCUT2D eigenvalue weighted by Gasteiger charge is -2.32. The maximum Gasteiger partial charge on any atom is 0.266 e. The van der Waals surface area contributed by atoms with Gasteiger partial charge in [0.25, 0.3) is 5.56 Å². The maximum absolute atomic E-state index is 12.3. The van der Waals surface area contributed by atoms with Gasteiger partial charge in [0.1, 0.15) is 5.82 Å². The van der Waals surface area contributed by atoms with E-state index in [1.165, 1.54) is 22.1 Å². The number of nitrogens with one attached hydrogen (secondary N) is 1. The number of aryl methyl sites for hydroxylation is 1. The van der Waals surface area contributed by atoms with Gasteiger partial charge in [0.15, 0.2) is 5.13 Å². The summed E-state index contributed by atoms with van der Waals surface area (Å²) in [5, 5.41) is 9.56. The molecule has 0 aliphatic carbocycles. The number of nitrogens with zero attached hydrogens (tertiary/aromatic N) is 4. The van der Waals surface area contributed by atoms with Gasteiger partial charge in [-0.15, -0.1) is 11.3 Å². The van der Waals surface area contributed by atoms with Crippen LogP contribution in [0.3, 0.4) is 0 Å². The van der Waals surface area contributed by atoms with Gasteiger partial charge in [-0.25, -0.2) is 9.67 Å². The fraction of sp³-hybridized carbons (Fsp3) is 0.429. The van der Waals surface area contributed by atoms with Crippen LogP contribution in [0.1, 0.15) is 12.8 Å². The van der Waals surface area contributed by atoms with Gasteiger partial charge in [-0.2, -0.15) is 5.10 Å². The fourth-order valence-corrected chi connectivity index (χ4v) is 3.08. The number of carbonyl (C=O) groups excluding carboxylic acids is 1. The first-order chi connectivity index (χ1) is 10.6. The third kappa shape index (κ3) is 3.16. The Kier molecular flexibility index (Phi) is 4.19. The number of anilines is 2. The van der Waals surface area contributed by atoms with Gasteiger partial charge >= 0.3 is 0 Å². The number of hydrogen-bond donors (Lipinski definition) is 1. The average molecular weight is 319 g/mol.